The molecule has 2 rings (SSSR count). The zero-order chi connectivity index (χ0) is 14.9. The predicted octanol–water partition coefficient (Wildman–Crippen LogP) is 5.26. The zero-order valence-electron chi connectivity index (χ0n) is 10.2. The molecule has 0 spiro atoms. The molecule has 0 aliphatic carbocycles. The maximum atomic E-state index is 12.1. The fourth-order valence-electron chi connectivity index (χ4n) is 1.53. The van der Waals surface area contributed by atoms with Crippen molar-refractivity contribution in [1.29, 1.82) is 0 Å². The first-order chi connectivity index (χ1) is 9.36. The number of nitrogens with zero attached hydrogens (tertiary/aromatic N) is 1. The minimum absolute atomic E-state index is 0.135. The molecule has 0 atom stereocenters. The molecule has 0 bridgehead atoms. The van der Waals surface area contributed by atoms with Gasteiger partial charge in [0.15, 0.2) is 0 Å². The van der Waals surface area contributed by atoms with Gasteiger partial charge in [-0.3, -0.25) is 4.79 Å². The van der Waals surface area contributed by atoms with E-state index in [0.717, 1.165) is 5.56 Å². The van der Waals surface area contributed by atoms with Crippen LogP contribution >= 0.6 is 46.4 Å². The van der Waals surface area contributed by atoms with Gasteiger partial charge in [-0.1, -0.05) is 46.4 Å². The maximum Gasteiger partial charge on any atom is 0.255 e. The number of benzene rings is 1. The van der Waals surface area contributed by atoms with Crippen LogP contribution in [0.3, 0.4) is 0 Å². The van der Waals surface area contributed by atoms with Crippen LogP contribution in [0.2, 0.25) is 20.4 Å². The number of anilines is 1. The molecule has 1 amide bonds. The number of carbonyl (C=O) groups excluding carboxylic acids is 1. The van der Waals surface area contributed by atoms with Gasteiger partial charge in [0, 0.05) is 10.6 Å². The third-order valence-electron chi connectivity index (χ3n) is 2.52. The Labute approximate surface area is 135 Å². The van der Waals surface area contributed by atoms with Crippen LogP contribution in [0.25, 0.3) is 0 Å². The van der Waals surface area contributed by atoms with Crippen molar-refractivity contribution < 1.29 is 4.79 Å². The summed E-state index contributed by atoms with van der Waals surface area (Å²) in [6, 6.07) is 6.08. The summed E-state index contributed by atoms with van der Waals surface area (Å²) >= 11 is 23.6. The van der Waals surface area contributed by atoms with Crippen LogP contribution in [0.4, 0.5) is 5.69 Å². The van der Waals surface area contributed by atoms with Crippen LogP contribution in [0.15, 0.2) is 24.3 Å². The highest BCUT2D eigenvalue weighted by molar-refractivity contribution is 6.36. The first-order valence-electron chi connectivity index (χ1n) is 5.47. The lowest BCUT2D eigenvalue weighted by Crippen LogP contribution is -2.12. The number of hydrogen-bond acceptors (Lipinski definition) is 2. The predicted molar refractivity (Wildman–Crippen MR) is 83.4 cm³/mol. The monoisotopic (exact) mass is 348 g/mol. The number of amides is 1. The van der Waals surface area contributed by atoms with Crippen LogP contribution in [-0.2, 0) is 0 Å². The van der Waals surface area contributed by atoms with E-state index in [1.165, 1.54) is 12.1 Å². The SMILES string of the molecule is Cc1cc(Cl)c(NC(=O)c2cc(Cl)nc(Cl)c2)cc1Cl. The lowest BCUT2D eigenvalue weighted by molar-refractivity contribution is 0.102. The molecule has 0 fully saturated rings. The van der Waals surface area contributed by atoms with E-state index in [1.807, 2.05) is 6.92 Å². The van der Waals surface area contributed by atoms with E-state index in [4.69, 9.17) is 46.4 Å². The van der Waals surface area contributed by atoms with Gasteiger partial charge in [-0.25, -0.2) is 4.98 Å². The van der Waals surface area contributed by atoms with Crippen LogP contribution in [0.1, 0.15) is 15.9 Å². The highest BCUT2D eigenvalue weighted by Gasteiger charge is 2.12. The van der Waals surface area contributed by atoms with Crippen molar-refractivity contribution in [2.24, 2.45) is 0 Å². The molecule has 0 saturated heterocycles. The third kappa shape index (κ3) is 3.55. The largest absolute Gasteiger partial charge is 0.321 e. The highest BCUT2D eigenvalue weighted by atomic mass is 35.5. The Hall–Kier alpha value is -1.000. The molecule has 1 N–H and O–H groups in total. The topological polar surface area (TPSA) is 42.0 Å². The van der Waals surface area contributed by atoms with Crippen molar-refractivity contribution in [2.45, 2.75) is 6.92 Å². The average Bonchev–Trinajstić information content (AvgIpc) is 2.34. The lowest BCUT2D eigenvalue weighted by Gasteiger charge is -2.09. The summed E-state index contributed by atoms with van der Waals surface area (Å²) in [5.74, 6) is -0.405. The summed E-state index contributed by atoms with van der Waals surface area (Å²) in [6.45, 7) is 1.82. The quantitative estimate of drug-likeness (QED) is 0.751. The van der Waals surface area contributed by atoms with Crippen molar-refractivity contribution in [3.63, 3.8) is 0 Å². The number of aromatic nitrogens is 1. The van der Waals surface area contributed by atoms with Gasteiger partial charge in [-0.05, 0) is 36.8 Å². The first kappa shape index (κ1) is 15.4. The minimum Gasteiger partial charge on any atom is -0.321 e. The molecule has 7 heteroatoms. The standard InChI is InChI=1S/C13H8Cl4N2O/c1-6-2-9(15)10(5-8(6)14)18-13(20)7-3-11(16)19-12(17)4-7/h2-5H,1H3,(H,18,20). The van der Waals surface area contributed by atoms with Crippen molar-refractivity contribution >= 4 is 58.0 Å². The van der Waals surface area contributed by atoms with Gasteiger partial charge in [0.1, 0.15) is 10.3 Å². The van der Waals surface area contributed by atoms with Crippen molar-refractivity contribution in [3.8, 4) is 0 Å². The third-order valence-corrected chi connectivity index (χ3v) is 3.63. The second kappa shape index (κ2) is 6.19. The summed E-state index contributed by atoms with van der Waals surface area (Å²) in [5.41, 5.74) is 1.52. The molecular weight excluding hydrogens is 342 g/mol. The van der Waals surface area contributed by atoms with E-state index < -0.39 is 5.91 Å². The molecule has 0 radical (unpaired) electrons. The van der Waals surface area contributed by atoms with E-state index in [9.17, 15) is 4.79 Å². The summed E-state index contributed by atoms with van der Waals surface area (Å²) in [4.78, 5) is 15.9. The molecule has 104 valence electrons. The van der Waals surface area contributed by atoms with Gasteiger partial charge in [0.25, 0.3) is 5.91 Å². The van der Waals surface area contributed by atoms with Crippen molar-refractivity contribution in [3.05, 3.63) is 55.7 Å². The van der Waals surface area contributed by atoms with Crippen LogP contribution in [0.5, 0.6) is 0 Å². The van der Waals surface area contributed by atoms with Gasteiger partial charge in [0.2, 0.25) is 0 Å². The Morgan fingerprint density at radius 2 is 1.60 bits per heavy atom. The van der Waals surface area contributed by atoms with E-state index >= 15 is 0 Å². The first-order valence-corrected chi connectivity index (χ1v) is 6.98. The number of nitrogens with one attached hydrogen (secondary N) is 1. The number of halogens is 4. The number of aryl methyl sites for hydroxylation is 1. The number of pyridine rings is 1. The number of hydrogen-bond donors (Lipinski definition) is 1. The Morgan fingerprint density at radius 1 is 1.00 bits per heavy atom. The molecule has 0 aliphatic heterocycles. The molecule has 1 heterocycles. The number of carbonyl (C=O) groups is 1. The Bertz CT molecular complexity index is 668. The van der Waals surface area contributed by atoms with E-state index in [0.29, 0.717) is 15.7 Å². The normalized spacial score (nSPS) is 10.4. The smallest absolute Gasteiger partial charge is 0.255 e. The minimum atomic E-state index is -0.405. The molecule has 0 aliphatic rings. The molecule has 0 unspecified atom stereocenters. The summed E-state index contributed by atoms with van der Waals surface area (Å²) in [6.07, 6.45) is 0. The summed E-state index contributed by atoms with van der Waals surface area (Å²) < 4.78 is 0. The van der Waals surface area contributed by atoms with Crippen LogP contribution in [-0.4, -0.2) is 10.9 Å². The zero-order valence-corrected chi connectivity index (χ0v) is 13.2. The molecule has 1 aromatic heterocycles. The Balaban J connectivity index is 2.30. The van der Waals surface area contributed by atoms with Crippen LogP contribution < -0.4 is 5.32 Å². The van der Waals surface area contributed by atoms with Crippen molar-refractivity contribution in [2.75, 3.05) is 5.32 Å². The summed E-state index contributed by atoms with van der Waals surface area (Å²) in [5, 5.41) is 3.82. The van der Waals surface area contributed by atoms with Gasteiger partial charge in [0.05, 0.1) is 10.7 Å². The highest BCUT2D eigenvalue weighted by Crippen LogP contribution is 2.29. The number of rotatable bonds is 2. The van der Waals surface area contributed by atoms with Gasteiger partial charge >= 0.3 is 0 Å². The van der Waals surface area contributed by atoms with Crippen molar-refractivity contribution in [1.82, 2.24) is 4.98 Å². The van der Waals surface area contributed by atoms with Crippen LogP contribution in [0, 0.1) is 6.92 Å². The molecule has 0 saturated carbocycles. The second-order valence-corrected chi connectivity index (χ2v) is 5.63. The van der Waals surface area contributed by atoms with Gasteiger partial charge < -0.3 is 5.32 Å². The van der Waals surface area contributed by atoms with E-state index in [2.05, 4.69) is 10.3 Å². The fourth-order valence-corrected chi connectivity index (χ4v) is 2.42. The van der Waals surface area contributed by atoms with E-state index in [-0.39, 0.29) is 15.9 Å². The molecule has 3 nitrogen and oxygen atoms in total. The molecule has 20 heavy (non-hydrogen) atoms. The summed E-state index contributed by atoms with van der Waals surface area (Å²) in [7, 11) is 0. The maximum absolute atomic E-state index is 12.1. The average molecular weight is 350 g/mol. The molecule has 2 aromatic rings. The van der Waals surface area contributed by atoms with Gasteiger partial charge in [-0.2, -0.15) is 0 Å². The fraction of sp³-hybridized carbons (Fsp3) is 0.0769. The Kier molecular flexibility index (Phi) is 4.76. The lowest BCUT2D eigenvalue weighted by atomic mass is 10.2. The Morgan fingerprint density at radius 3 is 2.20 bits per heavy atom. The molecular formula is C13H8Cl4N2O. The van der Waals surface area contributed by atoms with Gasteiger partial charge in [-0.15, -0.1) is 0 Å². The van der Waals surface area contributed by atoms with E-state index in [1.54, 1.807) is 12.1 Å². The molecule has 1 aromatic carbocycles. The second-order valence-electron chi connectivity index (χ2n) is 4.04.